The summed E-state index contributed by atoms with van der Waals surface area (Å²) in [5, 5.41) is 4.38. The molecule has 0 spiro atoms. The van der Waals surface area contributed by atoms with E-state index in [2.05, 4.69) is 9.84 Å². The van der Waals surface area contributed by atoms with Crippen LogP contribution in [0.4, 0.5) is 17.6 Å². The van der Waals surface area contributed by atoms with Gasteiger partial charge in [-0.3, -0.25) is 4.68 Å². The Hall–Kier alpha value is -2.90. The maximum atomic E-state index is 13.3. The molecule has 0 bridgehead atoms. The average molecular weight is 366 g/mol. The van der Waals surface area contributed by atoms with Gasteiger partial charge in [0.1, 0.15) is 5.82 Å². The van der Waals surface area contributed by atoms with E-state index in [1.165, 1.54) is 36.1 Å². The molecule has 0 aliphatic heterocycles. The highest BCUT2D eigenvalue weighted by Gasteiger charge is 2.31. The summed E-state index contributed by atoms with van der Waals surface area (Å²) < 4.78 is 58.4. The third-order valence-corrected chi connectivity index (χ3v) is 4.08. The lowest BCUT2D eigenvalue weighted by atomic mass is 10.1. The summed E-state index contributed by atoms with van der Waals surface area (Å²) in [6, 6.07) is 7.15. The van der Waals surface area contributed by atoms with Crippen LogP contribution in [-0.2, 0) is 17.5 Å². The molecular weight excluding hydrogens is 352 g/mol. The lowest BCUT2D eigenvalue weighted by Crippen LogP contribution is -2.08. The molecule has 0 aliphatic rings. The van der Waals surface area contributed by atoms with Crippen molar-refractivity contribution in [2.24, 2.45) is 0 Å². The number of hydrogen-bond acceptors (Lipinski definition) is 3. The number of benzene rings is 2. The monoisotopic (exact) mass is 366 g/mol. The molecule has 0 saturated carbocycles. The minimum atomic E-state index is -4.53. The van der Waals surface area contributed by atoms with E-state index in [1.54, 1.807) is 6.92 Å². The highest BCUT2D eigenvalue weighted by Crippen LogP contribution is 2.32. The van der Waals surface area contributed by atoms with Gasteiger partial charge in [-0.15, -0.1) is 0 Å². The first-order chi connectivity index (χ1) is 12.2. The predicted molar refractivity (Wildman–Crippen MR) is 86.3 cm³/mol. The van der Waals surface area contributed by atoms with Crippen LogP contribution in [0.25, 0.3) is 10.9 Å². The molecule has 0 fully saturated rings. The molecule has 3 rings (SSSR count). The second-order valence-corrected chi connectivity index (χ2v) is 5.80. The summed E-state index contributed by atoms with van der Waals surface area (Å²) in [5.41, 5.74) is 0.517. The second-order valence-electron chi connectivity index (χ2n) is 5.80. The van der Waals surface area contributed by atoms with Crippen molar-refractivity contribution in [1.29, 1.82) is 0 Å². The van der Waals surface area contributed by atoms with Crippen molar-refractivity contribution in [2.75, 3.05) is 7.11 Å². The Morgan fingerprint density at radius 1 is 1.19 bits per heavy atom. The fourth-order valence-corrected chi connectivity index (χ4v) is 2.72. The van der Waals surface area contributed by atoms with Gasteiger partial charge in [-0.05, 0) is 48.4 Å². The van der Waals surface area contributed by atoms with Gasteiger partial charge in [0.2, 0.25) is 0 Å². The Morgan fingerprint density at radius 2 is 1.92 bits per heavy atom. The quantitative estimate of drug-likeness (QED) is 0.512. The number of carbonyl (C=O) groups excluding carboxylic acids is 1. The Labute approximate surface area is 146 Å². The van der Waals surface area contributed by atoms with E-state index in [0.29, 0.717) is 11.1 Å². The molecule has 3 aromatic rings. The SMILES string of the molecule is COC(=O)c1nn(Cc2ccc(F)cc2C)c2cc(C(F)(F)F)ccc12. The first-order valence-corrected chi connectivity index (χ1v) is 7.62. The summed E-state index contributed by atoms with van der Waals surface area (Å²) in [6.45, 7) is 1.77. The van der Waals surface area contributed by atoms with Crippen LogP contribution in [0.5, 0.6) is 0 Å². The van der Waals surface area contributed by atoms with Crippen LogP contribution in [0.3, 0.4) is 0 Å². The number of esters is 1. The Morgan fingerprint density at radius 3 is 2.54 bits per heavy atom. The molecule has 26 heavy (non-hydrogen) atoms. The van der Waals surface area contributed by atoms with Crippen LogP contribution in [0, 0.1) is 12.7 Å². The van der Waals surface area contributed by atoms with E-state index >= 15 is 0 Å². The van der Waals surface area contributed by atoms with E-state index in [4.69, 9.17) is 0 Å². The normalized spacial score (nSPS) is 11.8. The van der Waals surface area contributed by atoms with Crippen molar-refractivity contribution in [1.82, 2.24) is 9.78 Å². The zero-order valence-corrected chi connectivity index (χ0v) is 13.9. The van der Waals surface area contributed by atoms with Gasteiger partial charge in [0.05, 0.1) is 24.7 Å². The Kier molecular flexibility index (Phi) is 4.43. The predicted octanol–water partition coefficient (Wildman–Crippen LogP) is 4.34. The molecule has 0 saturated heterocycles. The number of carbonyl (C=O) groups is 1. The molecule has 8 heteroatoms. The highest BCUT2D eigenvalue weighted by molar-refractivity contribution is 6.02. The van der Waals surface area contributed by atoms with Crippen LogP contribution in [-0.4, -0.2) is 22.9 Å². The minimum Gasteiger partial charge on any atom is -0.464 e. The smallest absolute Gasteiger partial charge is 0.416 e. The first kappa shape index (κ1) is 17.9. The molecule has 0 N–H and O–H groups in total. The summed E-state index contributed by atoms with van der Waals surface area (Å²) in [4.78, 5) is 11.9. The molecule has 1 heterocycles. The van der Waals surface area contributed by atoms with Crippen molar-refractivity contribution < 1.29 is 27.1 Å². The Balaban J connectivity index is 2.17. The number of hydrogen-bond donors (Lipinski definition) is 0. The van der Waals surface area contributed by atoms with Gasteiger partial charge in [-0.1, -0.05) is 6.07 Å². The number of ether oxygens (including phenoxy) is 1. The molecule has 2 aromatic carbocycles. The molecular formula is C18H14F4N2O2. The molecule has 0 radical (unpaired) electrons. The van der Waals surface area contributed by atoms with Gasteiger partial charge >= 0.3 is 12.1 Å². The molecule has 0 atom stereocenters. The third kappa shape index (κ3) is 3.26. The number of rotatable bonds is 3. The summed E-state index contributed by atoms with van der Waals surface area (Å²) in [5.74, 6) is -1.16. The molecule has 0 aliphatic carbocycles. The van der Waals surface area contributed by atoms with Crippen molar-refractivity contribution in [2.45, 2.75) is 19.6 Å². The van der Waals surface area contributed by atoms with E-state index in [1.807, 2.05) is 0 Å². The largest absolute Gasteiger partial charge is 0.464 e. The van der Waals surface area contributed by atoms with Crippen LogP contribution in [0.2, 0.25) is 0 Å². The molecule has 4 nitrogen and oxygen atoms in total. The fourth-order valence-electron chi connectivity index (χ4n) is 2.72. The van der Waals surface area contributed by atoms with Crippen LogP contribution < -0.4 is 0 Å². The molecule has 0 unspecified atom stereocenters. The van der Waals surface area contributed by atoms with Gasteiger partial charge < -0.3 is 4.74 Å². The fraction of sp³-hybridized carbons (Fsp3) is 0.222. The molecule has 0 amide bonds. The van der Waals surface area contributed by atoms with Crippen molar-refractivity contribution in [3.05, 3.63) is 64.6 Å². The van der Waals surface area contributed by atoms with Gasteiger partial charge in [-0.2, -0.15) is 18.3 Å². The second kappa shape index (κ2) is 6.44. The van der Waals surface area contributed by atoms with Crippen molar-refractivity contribution in [3.8, 4) is 0 Å². The van der Waals surface area contributed by atoms with Crippen LogP contribution in [0.15, 0.2) is 36.4 Å². The zero-order valence-electron chi connectivity index (χ0n) is 13.9. The topological polar surface area (TPSA) is 44.1 Å². The highest BCUT2D eigenvalue weighted by atomic mass is 19.4. The van der Waals surface area contributed by atoms with Crippen LogP contribution in [0.1, 0.15) is 27.2 Å². The zero-order chi connectivity index (χ0) is 19.1. The van der Waals surface area contributed by atoms with E-state index in [0.717, 1.165) is 12.1 Å². The number of aryl methyl sites for hydroxylation is 1. The number of halogens is 4. The third-order valence-electron chi connectivity index (χ3n) is 4.08. The van der Waals surface area contributed by atoms with Gasteiger partial charge in [0.15, 0.2) is 5.69 Å². The summed E-state index contributed by atoms with van der Waals surface area (Å²) in [7, 11) is 1.17. The van der Waals surface area contributed by atoms with Gasteiger partial charge in [-0.25, -0.2) is 9.18 Å². The van der Waals surface area contributed by atoms with Crippen LogP contribution >= 0.6 is 0 Å². The minimum absolute atomic E-state index is 0.0732. The molecule has 136 valence electrons. The van der Waals surface area contributed by atoms with E-state index < -0.39 is 23.5 Å². The number of alkyl halides is 3. The van der Waals surface area contributed by atoms with Crippen molar-refractivity contribution in [3.63, 3.8) is 0 Å². The summed E-state index contributed by atoms with van der Waals surface area (Å²) in [6.07, 6.45) is -4.53. The maximum absolute atomic E-state index is 13.3. The van der Waals surface area contributed by atoms with Crippen molar-refractivity contribution >= 4 is 16.9 Å². The number of methoxy groups -OCH3 is 1. The standard InChI is InChI=1S/C18H14F4N2O2/c1-10-7-13(19)5-3-11(10)9-24-15-8-12(18(20,21)22)4-6-14(15)16(23-24)17(25)26-2/h3-8H,9H2,1-2H3. The van der Waals surface area contributed by atoms with E-state index in [9.17, 15) is 22.4 Å². The lowest BCUT2D eigenvalue weighted by molar-refractivity contribution is -0.137. The number of aromatic nitrogens is 2. The average Bonchev–Trinajstić information content (AvgIpc) is 2.94. The van der Waals surface area contributed by atoms with Gasteiger partial charge in [0, 0.05) is 5.39 Å². The lowest BCUT2D eigenvalue weighted by Gasteiger charge is -2.09. The van der Waals surface area contributed by atoms with Gasteiger partial charge in [0.25, 0.3) is 0 Å². The molecule has 1 aromatic heterocycles. The maximum Gasteiger partial charge on any atom is 0.416 e. The first-order valence-electron chi connectivity index (χ1n) is 7.62. The summed E-state index contributed by atoms with van der Waals surface area (Å²) >= 11 is 0. The Bertz CT molecular complexity index is 993. The number of nitrogens with zero attached hydrogens (tertiary/aromatic N) is 2. The van der Waals surface area contributed by atoms with E-state index in [-0.39, 0.29) is 23.1 Å². The number of fused-ring (bicyclic) bond motifs is 1.